The zero-order valence-electron chi connectivity index (χ0n) is 10.5. The van der Waals surface area contributed by atoms with E-state index in [0.717, 1.165) is 25.2 Å². The maximum absolute atomic E-state index is 5.73. The average molecular weight is 259 g/mol. The highest BCUT2D eigenvalue weighted by Gasteiger charge is 2.11. The van der Waals surface area contributed by atoms with E-state index < -0.39 is 0 Å². The van der Waals surface area contributed by atoms with Crippen molar-refractivity contribution in [2.45, 2.75) is 19.9 Å². The highest BCUT2D eigenvalue weighted by Crippen LogP contribution is 2.25. The van der Waals surface area contributed by atoms with Gasteiger partial charge < -0.3 is 5.73 Å². The molecule has 0 aliphatic carbocycles. The summed E-state index contributed by atoms with van der Waals surface area (Å²) in [7, 11) is 0. The molecule has 2 N–H and O–H groups in total. The number of hydrogen-bond acceptors (Lipinski definition) is 4. The summed E-state index contributed by atoms with van der Waals surface area (Å²) >= 11 is 1.57. The lowest BCUT2D eigenvalue weighted by Crippen LogP contribution is -2.28. The molecule has 0 saturated carbocycles. The quantitative estimate of drug-likeness (QED) is 0.843. The summed E-state index contributed by atoms with van der Waals surface area (Å²) in [6, 6.07) is 6.45. The maximum Gasteiger partial charge on any atom is 0.181 e. The van der Waals surface area contributed by atoms with Gasteiger partial charge in [-0.2, -0.15) is 0 Å². The molecule has 1 aromatic heterocycles. The van der Waals surface area contributed by atoms with E-state index in [4.69, 9.17) is 5.73 Å². The molecular formula is C14H17N3S. The van der Waals surface area contributed by atoms with Crippen LogP contribution in [0.3, 0.4) is 0 Å². The summed E-state index contributed by atoms with van der Waals surface area (Å²) < 4.78 is 1.19. The van der Waals surface area contributed by atoms with Gasteiger partial charge in [-0.15, -0.1) is 0 Å². The Kier molecular flexibility index (Phi) is 3.06. The maximum atomic E-state index is 5.73. The first-order valence-corrected chi connectivity index (χ1v) is 7.05. The molecule has 0 radical (unpaired) electrons. The van der Waals surface area contributed by atoms with E-state index >= 15 is 0 Å². The van der Waals surface area contributed by atoms with Crippen molar-refractivity contribution in [2.75, 3.05) is 18.8 Å². The first-order chi connectivity index (χ1) is 8.70. The molecule has 0 unspecified atom stereocenters. The molecular weight excluding hydrogens is 242 g/mol. The van der Waals surface area contributed by atoms with Crippen LogP contribution in [0.5, 0.6) is 0 Å². The number of thiazole rings is 1. The van der Waals surface area contributed by atoms with E-state index in [2.05, 4.69) is 41.1 Å². The molecule has 0 amide bonds. The highest BCUT2D eigenvalue weighted by atomic mass is 32.1. The first-order valence-electron chi connectivity index (χ1n) is 6.23. The molecule has 0 saturated heterocycles. The van der Waals surface area contributed by atoms with Crippen LogP contribution in [-0.4, -0.2) is 23.0 Å². The van der Waals surface area contributed by atoms with E-state index in [1.165, 1.54) is 22.3 Å². The second-order valence-electron chi connectivity index (χ2n) is 4.90. The number of anilines is 1. The summed E-state index contributed by atoms with van der Waals surface area (Å²) in [5, 5.41) is 0.652. The van der Waals surface area contributed by atoms with Gasteiger partial charge in [0.15, 0.2) is 5.13 Å². The second-order valence-corrected chi connectivity index (χ2v) is 5.97. The van der Waals surface area contributed by atoms with Gasteiger partial charge in [-0.05, 0) is 31.0 Å². The zero-order chi connectivity index (χ0) is 12.5. The Morgan fingerprint density at radius 2 is 2.33 bits per heavy atom. The minimum absolute atomic E-state index is 0.652. The molecule has 1 aromatic carbocycles. The minimum atomic E-state index is 0.652. The number of fused-ring (bicyclic) bond motifs is 1. The third-order valence-electron chi connectivity index (χ3n) is 3.29. The van der Waals surface area contributed by atoms with Gasteiger partial charge in [0, 0.05) is 19.6 Å². The average Bonchev–Trinajstić information content (AvgIpc) is 2.68. The predicted octanol–water partition coefficient (Wildman–Crippen LogP) is 3.03. The van der Waals surface area contributed by atoms with Crippen LogP contribution >= 0.6 is 11.3 Å². The Balaban J connectivity index is 1.80. The lowest BCUT2D eigenvalue weighted by molar-refractivity contribution is 0.282. The van der Waals surface area contributed by atoms with Gasteiger partial charge in [-0.3, -0.25) is 4.90 Å². The van der Waals surface area contributed by atoms with E-state index in [-0.39, 0.29) is 0 Å². The molecule has 94 valence electrons. The SMILES string of the molecule is CC1=CCCN(Cc2ccc3nc(N)sc3c2)C1. The van der Waals surface area contributed by atoms with Gasteiger partial charge in [-0.1, -0.05) is 29.1 Å². The van der Waals surface area contributed by atoms with Crippen LogP contribution in [0.2, 0.25) is 0 Å². The third-order valence-corrected chi connectivity index (χ3v) is 4.13. The Morgan fingerprint density at radius 1 is 1.44 bits per heavy atom. The highest BCUT2D eigenvalue weighted by molar-refractivity contribution is 7.22. The summed E-state index contributed by atoms with van der Waals surface area (Å²) in [5.41, 5.74) is 9.57. The van der Waals surface area contributed by atoms with Crippen molar-refractivity contribution in [3.05, 3.63) is 35.4 Å². The largest absolute Gasteiger partial charge is 0.375 e. The van der Waals surface area contributed by atoms with Gasteiger partial charge in [0.2, 0.25) is 0 Å². The molecule has 0 atom stereocenters. The molecule has 3 rings (SSSR count). The first kappa shape index (κ1) is 11.7. The summed E-state index contributed by atoms with van der Waals surface area (Å²) in [6.45, 7) is 5.46. The monoisotopic (exact) mass is 259 g/mol. The second kappa shape index (κ2) is 4.71. The van der Waals surface area contributed by atoms with Crippen LogP contribution in [0, 0.1) is 0 Å². The van der Waals surface area contributed by atoms with E-state index in [1.54, 1.807) is 11.3 Å². The molecule has 0 spiro atoms. The topological polar surface area (TPSA) is 42.2 Å². The van der Waals surface area contributed by atoms with Gasteiger partial charge in [0.1, 0.15) is 0 Å². The Morgan fingerprint density at radius 3 is 3.17 bits per heavy atom. The van der Waals surface area contributed by atoms with E-state index in [9.17, 15) is 0 Å². The van der Waals surface area contributed by atoms with Crippen molar-refractivity contribution < 1.29 is 0 Å². The normalized spacial score (nSPS) is 17.1. The molecule has 2 heterocycles. The number of nitrogens with zero attached hydrogens (tertiary/aromatic N) is 2. The van der Waals surface area contributed by atoms with Crippen molar-refractivity contribution in [1.82, 2.24) is 9.88 Å². The van der Waals surface area contributed by atoms with E-state index in [0.29, 0.717) is 5.13 Å². The number of nitrogens with two attached hydrogens (primary N) is 1. The van der Waals surface area contributed by atoms with Crippen molar-refractivity contribution in [1.29, 1.82) is 0 Å². The summed E-state index contributed by atoms with van der Waals surface area (Å²) in [5.74, 6) is 0. The zero-order valence-corrected chi connectivity index (χ0v) is 11.3. The predicted molar refractivity (Wildman–Crippen MR) is 77.7 cm³/mol. The Bertz CT molecular complexity index is 600. The molecule has 18 heavy (non-hydrogen) atoms. The standard InChI is InChI=1S/C14H17N3S/c1-10-3-2-6-17(8-10)9-11-4-5-12-13(7-11)18-14(15)16-12/h3-5,7H,2,6,8-9H2,1H3,(H2,15,16). The summed E-state index contributed by atoms with van der Waals surface area (Å²) in [4.78, 5) is 6.77. The third kappa shape index (κ3) is 2.40. The van der Waals surface area contributed by atoms with Crippen LogP contribution in [0.15, 0.2) is 29.8 Å². The molecule has 4 heteroatoms. The number of aromatic nitrogens is 1. The molecule has 1 aliphatic heterocycles. The molecule has 2 aromatic rings. The van der Waals surface area contributed by atoms with Crippen molar-refractivity contribution in [2.24, 2.45) is 0 Å². The smallest absolute Gasteiger partial charge is 0.181 e. The lowest BCUT2D eigenvalue weighted by atomic mass is 10.1. The fourth-order valence-electron chi connectivity index (χ4n) is 2.47. The molecule has 0 fully saturated rings. The van der Waals surface area contributed by atoms with Crippen molar-refractivity contribution >= 4 is 26.7 Å². The van der Waals surface area contributed by atoms with Crippen molar-refractivity contribution in [3.63, 3.8) is 0 Å². The number of hydrogen-bond donors (Lipinski definition) is 1. The van der Waals surface area contributed by atoms with Crippen LogP contribution in [-0.2, 0) is 6.54 Å². The molecule has 1 aliphatic rings. The van der Waals surface area contributed by atoms with Crippen LogP contribution < -0.4 is 5.73 Å². The fourth-order valence-corrected chi connectivity index (χ4v) is 3.27. The Labute approximate surface area is 111 Å². The fraction of sp³-hybridized carbons (Fsp3) is 0.357. The molecule has 0 bridgehead atoms. The van der Waals surface area contributed by atoms with E-state index in [1.807, 2.05) is 0 Å². The van der Waals surface area contributed by atoms with Crippen molar-refractivity contribution in [3.8, 4) is 0 Å². The number of benzene rings is 1. The van der Waals surface area contributed by atoms with Gasteiger partial charge in [-0.25, -0.2) is 4.98 Å². The van der Waals surface area contributed by atoms with Crippen LogP contribution in [0.25, 0.3) is 10.2 Å². The number of rotatable bonds is 2. The van der Waals surface area contributed by atoms with Gasteiger partial charge >= 0.3 is 0 Å². The number of nitrogen functional groups attached to an aromatic ring is 1. The lowest BCUT2D eigenvalue weighted by Gasteiger charge is -2.25. The van der Waals surface area contributed by atoms with Gasteiger partial charge in [0.05, 0.1) is 10.2 Å². The Hall–Kier alpha value is -1.39. The molecule has 3 nitrogen and oxygen atoms in total. The minimum Gasteiger partial charge on any atom is -0.375 e. The van der Waals surface area contributed by atoms with Crippen LogP contribution in [0.4, 0.5) is 5.13 Å². The van der Waals surface area contributed by atoms with Gasteiger partial charge in [0.25, 0.3) is 0 Å². The summed E-state index contributed by atoms with van der Waals surface area (Å²) in [6.07, 6.45) is 3.51. The van der Waals surface area contributed by atoms with Crippen LogP contribution in [0.1, 0.15) is 18.9 Å².